The zero-order valence-corrected chi connectivity index (χ0v) is 15.0. The quantitative estimate of drug-likeness (QED) is 0.863. The van der Waals surface area contributed by atoms with Gasteiger partial charge in [-0.3, -0.25) is 14.4 Å². The Bertz CT molecular complexity index is 729. The normalized spacial score (nSPS) is 18.9. The van der Waals surface area contributed by atoms with Crippen molar-refractivity contribution in [3.8, 4) is 0 Å². The molecule has 1 amide bonds. The molecule has 1 fully saturated rings. The predicted molar refractivity (Wildman–Crippen MR) is 89.8 cm³/mol. The Morgan fingerprint density at radius 3 is 2.70 bits per heavy atom. The molecule has 0 aliphatic carbocycles. The van der Waals surface area contributed by atoms with Crippen LogP contribution in [-0.4, -0.2) is 32.5 Å². The second-order valence-corrected chi connectivity index (χ2v) is 8.05. The highest BCUT2D eigenvalue weighted by molar-refractivity contribution is 8.00. The fourth-order valence-electron chi connectivity index (χ4n) is 2.62. The van der Waals surface area contributed by atoms with E-state index in [9.17, 15) is 4.79 Å². The number of oxazole rings is 1. The average Bonchev–Trinajstić information content (AvgIpc) is 3.12. The van der Waals surface area contributed by atoms with Crippen LogP contribution in [0.3, 0.4) is 0 Å². The molecule has 1 atom stereocenters. The number of hydrogen-bond donors (Lipinski definition) is 0. The molecule has 1 unspecified atom stereocenters. The van der Waals surface area contributed by atoms with E-state index in [-0.39, 0.29) is 16.6 Å². The van der Waals surface area contributed by atoms with Crippen LogP contribution in [0.25, 0.3) is 0 Å². The van der Waals surface area contributed by atoms with Crippen LogP contribution < -0.4 is 4.90 Å². The molecule has 1 saturated heterocycles. The number of rotatable bonds is 3. The zero-order valence-electron chi connectivity index (χ0n) is 14.2. The topological polar surface area (TPSA) is 64.2 Å². The third-order valence-electron chi connectivity index (χ3n) is 3.88. The van der Waals surface area contributed by atoms with Gasteiger partial charge in [0, 0.05) is 25.1 Å². The lowest BCUT2D eigenvalue weighted by molar-refractivity contribution is -0.116. The van der Waals surface area contributed by atoms with E-state index < -0.39 is 0 Å². The minimum absolute atomic E-state index is 0.0796. The van der Waals surface area contributed by atoms with Gasteiger partial charge >= 0.3 is 0 Å². The number of anilines is 1. The molecule has 2 aromatic rings. The van der Waals surface area contributed by atoms with E-state index in [2.05, 4.69) is 30.9 Å². The largest absolute Gasteiger partial charge is 0.436 e. The van der Waals surface area contributed by atoms with Crippen molar-refractivity contribution in [2.45, 2.75) is 50.0 Å². The van der Waals surface area contributed by atoms with Gasteiger partial charge in [0.05, 0.1) is 17.1 Å². The Labute approximate surface area is 140 Å². The van der Waals surface area contributed by atoms with Crippen LogP contribution in [0.4, 0.5) is 5.82 Å². The monoisotopic (exact) mass is 334 g/mol. The first-order chi connectivity index (χ1) is 10.8. The summed E-state index contributed by atoms with van der Waals surface area (Å²) in [5.41, 5.74) is 0.831. The number of amides is 1. The molecular weight excluding hydrogens is 312 g/mol. The van der Waals surface area contributed by atoms with Gasteiger partial charge < -0.3 is 4.42 Å². The summed E-state index contributed by atoms with van der Waals surface area (Å²) in [4.78, 5) is 18.8. The number of carbonyl (C=O) groups is 1. The first-order valence-corrected chi connectivity index (χ1v) is 8.58. The predicted octanol–water partition coefficient (Wildman–Crippen LogP) is 2.91. The molecule has 2 aromatic heterocycles. The van der Waals surface area contributed by atoms with Crippen molar-refractivity contribution in [2.75, 3.05) is 11.4 Å². The summed E-state index contributed by atoms with van der Waals surface area (Å²) in [6.45, 7) is 8.86. The highest BCUT2D eigenvalue weighted by Gasteiger charge is 2.36. The number of nitrogens with zero attached hydrogens (tertiary/aromatic N) is 4. The first kappa shape index (κ1) is 16.1. The van der Waals surface area contributed by atoms with Crippen LogP contribution >= 0.6 is 11.8 Å². The van der Waals surface area contributed by atoms with Crippen LogP contribution in [0.15, 0.2) is 21.9 Å². The van der Waals surface area contributed by atoms with E-state index in [4.69, 9.17) is 4.42 Å². The van der Waals surface area contributed by atoms with Gasteiger partial charge in [-0.25, -0.2) is 4.98 Å². The fourth-order valence-corrected chi connectivity index (χ4v) is 3.57. The van der Waals surface area contributed by atoms with Gasteiger partial charge in [-0.15, -0.1) is 0 Å². The fraction of sp³-hybridized carbons (Fsp3) is 0.562. The van der Waals surface area contributed by atoms with Gasteiger partial charge in [0.2, 0.25) is 5.91 Å². The number of aromatic nitrogens is 3. The molecule has 124 valence electrons. The second-order valence-electron chi connectivity index (χ2n) is 6.89. The Morgan fingerprint density at radius 2 is 2.13 bits per heavy atom. The molecule has 0 radical (unpaired) electrons. The second kappa shape index (κ2) is 5.70. The summed E-state index contributed by atoms with van der Waals surface area (Å²) in [6, 6.07) is 1.94. The van der Waals surface area contributed by atoms with Crippen molar-refractivity contribution in [3.05, 3.63) is 23.7 Å². The van der Waals surface area contributed by atoms with Crippen molar-refractivity contribution in [2.24, 2.45) is 7.05 Å². The molecular formula is C16H22N4O2S. The van der Waals surface area contributed by atoms with Gasteiger partial charge in [-0.05, 0) is 13.3 Å². The highest BCUT2D eigenvalue weighted by atomic mass is 32.2. The molecule has 0 bridgehead atoms. The standard InChI is InChI=1S/C16H22N4O2S/c1-10-8-13(19(5)18-10)20-7-6-11(14(20)21)23-15-17-9-12(22-15)16(2,3)4/h8-9,11H,6-7H2,1-5H3. The van der Waals surface area contributed by atoms with Gasteiger partial charge in [0.1, 0.15) is 11.6 Å². The maximum Gasteiger partial charge on any atom is 0.256 e. The van der Waals surface area contributed by atoms with Crippen LogP contribution in [0.2, 0.25) is 0 Å². The van der Waals surface area contributed by atoms with Gasteiger partial charge in [0.25, 0.3) is 5.22 Å². The first-order valence-electron chi connectivity index (χ1n) is 7.70. The Morgan fingerprint density at radius 1 is 1.39 bits per heavy atom. The molecule has 1 aliphatic rings. The average molecular weight is 334 g/mol. The molecule has 0 saturated carbocycles. The van der Waals surface area contributed by atoms with E-state index >= 15 is 0 Å². The Kier molecular flexibility index (Phi) is 4.00. The molecule has 6 nitrogen and oxygen atoms in total. The van der Waals surface area contributed by atoms with E-state index in [1.165, 1.54) is 11.8 Å². The summed E-state index contributed by atoms with van der Waals surface area (Å²) in [6.07, 6.45) is 2.53. The summed E-state index contributed by atoms with van der Waals surface area (Å²) >= 11 is 1.41. The minimum atomic E-state index is -0.156. The maximum atomic E-state index is 12.7. The summed E-state index contributed by atoms with van der Waals surface area (Å²) in [7, 11) is 1.86. The van der Waals surface area contributed by atoms with Crippen LogP contribution in [0, 0.1) is 6.92 Å². The van der Waals surface area contributed by atoms with Crippen LogP contribution in [0.1, 0.15) is 38.6 Å². The third-order valence-corrected chi connectivity index (χ3v) is 4.99. The van der Waals surface area contributed by atoms with E-state index in [1.807, 2.05) is 20.0 Å². The lowest BCUT2D eigenvalue weighted by Gasteiger charge is -2.16. The van der Waals surface area contributed by atoms with Crippen LogP contribution in [-0.2, 0) is 17.3 Å². The number of aryl methyl sites for hydroxylation is 2. The highest BCUT2D eigenvalue weighted by Crippen LogP contribution is 2.34. The minimum Gasteiger partial charge on any atom is -0.436 e. The molecule has 0 aromatic carbocycles. The molecule has 3 rings (SSSR count). The van der Waals surface area contributed by atoms with Gasteiger partial charge in [-0.2, -0.15) is 5.10 Å². The molecule has 23 heavy (non-hydrogen) atoms. The van der Waals surface area contributed by atoms with Crippen molar-refractivity contribution in [3.63, 3.8) is 0 Å². The van der Waals surface area contributed by atoms with Gasteiger partial charge in [-0.1, -0.05) is 32.5 Å². The summed E-state index contributed by atoms with van der Waals surface area (Å²) < 4.78 is 7.54. The summed E-state index contributed by atoms with van der Waals surface area (Å²) in [5.74, 6) is 1.77. The van der Waals surface area contributed by atoms with Crippen molar-refractivity contribution >= 4 is 23.5 Å². The third kappa shape index (κ3) is 3.15. The molecule has 0 N–H and O–H groups in total. The molecule has 3 heterocycles. The van der Waals surface area contributed by atoms with Crippen molar-refractivity contribution in [1.82, 2.24) is 14.8 Å². The van der Waals surface area contributed by atoms with E-state index in [0.29, 0.717) is 11.8 Å². The molecule has 7 heteroatoms. The molecule has 1 aliphatic heterocycles. The summed E-state index contributed by atoms with van der Waals surface area (Å²) in [5, 5.41) is 4.72. The zero-order chi connectivity index (χ0) is 16.8. The lowest BCUT2D eigenvalue weighted by Crippen LogP contribution is -2.29. The number of thioether (sulfide) groups is 1. The van der Waals surface area contributed by atoms with Crippen molar-refractivity contribution < 1.29 is 9.21 Å². The molecule has 0 spiro atoms. The van der Waals surface area contributed by atoms with Crippen molar-refractivity contribution in [1.29, 1.82) is 0 Å². The number of hydrogen-bond acceptors (Lipinski definition) is 5. The van der Waals surface area contributed by atoms with E-state index in [1.54, 1.807) is 15.8 Å². The lowest BCUT2D eigenvalue weighted by atomic mass is 9.94. The van der Waals surface area contributed by atoms with Crippen LogP contribution in [0.5, 0.6) is 0 Å². The number of carbonyl (C=O) groups excluding carboxylic acids is 1. The smallest absolute Gasteiger partial charge is 0.256 e. The van der Waals surface area contributed by atoms with E-state index in [0.717, 1.165) is 23.7 Å². The maximum absolute atomic E-state index is 12.7. The SMILES string of the molecule is Cc1cc(N2CCC(Sc3ncc(C(C)(C)C)o3)C2=O)n(C)n1. The Balaban J connectivity index is 1.72. The van der Waals surface area contributed by atoms with Gasteiger partial charge in [0.15, 0.2) is 0 Å². The Hall–Kier alpha value is -1.76.